The smallest absolute Gasteiger partial charge is 0.0558 e. The topological polar surface area (TPSA) is 34.0 Å². The summed E-state index contributed by atoms with van der Waals surface area (Å²) in [5.41, 5.74) is 6.30. The lowest BCUT2D eigenvalue weighted by atomic mass is 9.99. The van der Waals surface area contributed by atoms with Gasteiger partial charge < -0.3 is 4.90 Å². The van der Waals surface area contributed by atoms with Crippen LogP contribution in [0.15, 0.2) is 49.1 Å². The van der Waals surface area contributed by atoms with E-state index >= 15 is 0 Å². The summed E-state index contributed by atoms with van der Waals surface area (Å²) in [6.07, 6.45) is 9.72. The second-order valence-electron chi connectivity index (χ2n) is 6.34. The van der Waals surface area contributed by atoms with Gasteiger partial charge in [0, 0.05) is 44.0 Å². The third-order valence-electron chi connectivity index (χ3n) is 4.49. The van der Waals surface area contributed by atoms with Crippen molar-refractivity contribution in [3.8, 4) is 0 Å². The van der Waals surface area contributed by atoms with Gasteiger partial charge in [-0.25, -0.2) is 0 Å². The Labute approximate surface area is 146 Å². The molecule has 0 saturated carbocycles. The summed E-state index contributed by atoms with van der Waals surface area (Å²) in [5, 5.41) is 5.05. The lowest BCUT2D eigenvalue weighted by Gasteiger charge is -2.30. The SMILES string of the molecule is Cn1cc(Cc2cncc(N3CCc4cc(Cl)ccc4C3)c2)cn1. The van der Waals surface area contributed by atoms with Gasteiger partial charge in [0.2, 0.25) is 0 Å². The number of anilines is 1. The Balaban J connectivity index is 1.54. The van der Waals surface area contributed by atoms with Crippen LogP contribution in [-0.2, 0) is 26.4 Å². The van der Waals surface area contributed by atoms with E-state index in [2.05, 4.69) is 33.2 Å². The molecule has 0 amide bonds. The Morgan fingerprint density at radius 3 is 2.83 bits per heavy atom. The van der Waals surface area contributed by atoms with Crippen molar-refractivity contribution in [1.82, 2.24) is 14.8 Å². The van der Waals surface area contributed by atoms with Crippen molar-refractivity contribution in [2.45, 2.75) is 19.4 Å². The van der Waals surface area contributed by atoms with E-state index in [1.165, 1.54) is 27.9 Å². The van der Waals surface area contributed by atoms with Crippen molar-refractivity contribution in [3.05, 3.63) is 76.3 Å². The predicted molar refractivity (Wildman–Crippen MR) is 96.5 cm³/mol. The molecule has 122 valence electrons. The molecule has 0 unspecified atom stereocenters. The van der Waals surface area contributed by atoms with Crippen LogP contribution in [0.2, 0.25) is 5.02 Å². The quantitative estimate of drug-likeness (QED) is 0.731. The normalized spacial score (nSPS) is 13.8. The van der Waals surface area contributed by atoms with Crippen molar-refractivity contribution in [3.63, 3.8) is 0 Å². The first-order valence-electron chi connectivity index (χ1n) is 8.11. The first-order valence-corrected chi connectivity index (χ1v) is 8.49. The molecule has 0 bridgehead atoms. The molecule has 0 spiro atoms. The van der Waals surface area contributed by atoms with Crippen LogP contribution in [-0.4, -0.2) is 21.3 Å². The fraction of sp³-hybridized carbons (Fsp3) is 0.263. The minimum Gasteiger partial charge on any atom is -0.366 e. The Hall–Kier alpha value is -2.33. The molecular weight excluding hydrogens is 320 g/mol. The average molecular weight is 339 g/mol. The standard InChI is InChI=1S/C19H19ClN4/c1-23-12-15(10-22-23)6-14-7-19(11-21-9-14)24-5-4-16-8-18(20)3-2-17(16)13-24/h2-3,7-12H,4-6,13H2,1H3. The maximum Gasteiger partial charge on any atom is 0.0558 e. The van der Waals surface area contributed by atoms with Gasteiger partial charge in [0.25, 0.3) is 0 Å². The summed E-state index contributed by atoms with van der Waals surface area (Å²) in [6.45, 7) is 1.90. The zero-order chi connectivity index (χ0) is 16.5. The Kier molecular flexibility index (Phi) is 3.98. The van der Waals surface area contributed by atoms with Gasteiger partial charge in [0.15, 0.2) is 0 Å². The minimum absolute atomic E-state index is 0.822. The zero-order valence-electron chi connectivity index (χ0n) is 13.6. The van der Waals surface area contributed by atoms with E-state index in [1.807, 2.05) is 42.6 Å². The maximum absolute atomic E-state index is 6.10. The Morgan fingerprint density at radius 1 is 1.08 bits per heavy atom. The van der Waals surface area contributed by atoms with Crippen molar-refractivity contribution in [2.24, 2.45) is 7.05 Å². The molecule has 0 N–H and O–H groups in total. The van der Waals surface area contributed by atoms with Gasteiger partial charge in [0.05, 0.1) is 18.1 Å². The number of rotatable bonds is 3. The summed E-state index contributed by atoms with van der Waals surface area (Å²) >= 11 is 6.10. The molecule has 1 aliphatic heterocycles. The van der Waals surface area contributed by atoms with E-state index in [0.29, 0.717) is 0 Å². The van der Waals surface area contributed by atoms with Gasteiger partial charge in [-0.3, -0.25) is 9.67 Å². The molecule has 0 radical (unpaired) electrons. The van der Waals surface area contributed by atoms with Gasteiger partial charge in [-0.1, -0.05) is 17.7 Å². The molecule has 2 aromatic heterocycles. The van der Waals surface area contributed by atoms with Crippen molar-refractivity contribution in [2.75, 3.05) is 11.4 Å². The van der Waals surface area contributed by atoms with Gasteiger partial charge in [-0.15, -0.1) is 0 Å². The summed E-state index contributed by atoms with van der Waals surface area (Å²) in [4.78, 5) is 6.83. The summed E-state index contributed by atoms with van der Waals surface area (Å²) in [6, 6.07) is 8.43. The summed E-state index contributed by atoms with van der Waals surface area (Å²) in [5.74, 6) is 0. The Bertz CT molecular complexity index is 871. The van der Waals surface area contributed by atoms with Crippen molar-refractivity contribution >= 4 is 17.3 Å². The van der Waals surface area contributed by atoms with E-state index in [0.717, 1.165) is 31.0 Å². The lowest BCUT2D eigenvalue weighted by molar-refractivity contribution is 0.729. The predicted octanol–water partition coefficient (Wildman–Crippen LogP) is 3.62. The lowest BCUT2D eigenvalue weighted by Crippen LogP contribution is -2.30. The molecule has 0 atom stereocenters. The first kappa shape index (κ1) is 15.2. The highest BCUT2D eigenvalue weighted by molar-refractivity contribution is 6.30. The van der Waals surface area contributed by atoms with E-state index in [-0.39, 0.29) is 0 Å². The van der Waals surface area contributed by atoms with Gasteiger partial charge >= 0.3 is 0 Å². The summed E-state index contributed by atoms with van der Waals surface area (Å²) < 4.78 is 1.83. The molecule has 3 heterocycles. The number of aromatic nitrogens is 3. The van der Waals surface area contributed by atoms with Crippen LogP contribution in [0.4, 0.5) is 5.69 Å². The molecule has 0 aliphatic carbocycles. The highest BCUT2D eigenvalue weighted by atomic mass is 35.5. The molecule has 5 heteroatoms. The van der Waals surface area contributed by atoms with E-state index in [1.54, 1.807) is 0 Å². The first-order chi connectivity index (χ1) is 11.7. The molecule has 3 aromatic rings. The zero-order valence-corrected chi connectivity index (χ0v) is 14.4. The number of halogens is 1. The van der Waals surface area contributed by atoms with E-state index < -0.39 is 0 Å². The molecule has 1 aromatic carbocycles. The minimum atomic E-state index is 0.822. The highest BCUT2D eigenvalue weighted by Gasteiger charge is 2.17. The van der Waals surface area contributed by atoms with Crippen LogP contribution >= 0.6 is 11.6 Å². The Morgan fingerprint density at radius 2 is 2.00 bits per heavy atom. The van der Waals surface area contributed by atoms with Crippen molar-refractivity contribution in [1.29, 1.82) is 0 Å². The number of hydrogen-bond donors (Lipinski definition) is 0. The number of fused-ring (bicyclic) bond motifs is 1. The number of pyridine rings is 1. The van der Waals surface area contributed by atoms with Crippen LogP contribution in [0, 0.1) is 0 Å². The molecule has 4 nitrogen and oxygen atoms in total. The number of aryl methyl sites for hydroxylation is 1. The molecule has 0 fully saturated rings. The van der Waals surface area contributed by atoms with Crippen LogP contribution in [0.1, 0.15) is 22.3 Å². The van der Waals surface area contributed by atoms with Gasteiger partial charge in [0.1, 0.15) is 0 Å². The molecule has 4 rings (SSSR count). The largest absolute Gasteiger partial charge is 0.366 e. The third-order valence-corrected chi connectivity index (χ3v) is 4.73. The molecular formula is C19H19ClN4. The second kappa shape index (κ2) is 6.29. The summed E-state index contributed by atoms with van der Waals surface area (Å²) in [7, 11) is 1.94. The highest BCUT2D eigenvalue weighted by Crippen LogP contribution is 2.27. The number of nitrogens with zero attached hydrogens (tertiary/aromatic N) is 4. The van der Waals surface area contributed by atoms with Crippen LogP contribution in [0.5, 0.6) is 0 Å². The van der Waals surface area contributed by atoms with Gasteiger partial charge in [-0.05, 0) is 46.9 Å². The van der Waals surface area contributed by atoms with Crippen LogP contribution in [0.3, 0.4) is 0 Å². The molecule has 1 aliphatic rings. The average Bonchev–Trinajstić information content (AvgIpc) is 2.99. The fourth-order valence-electron chi connectivity index (χ4n) is 3.28. The maximum atomic E-state index is 6.10. The molecule has 0 saturated heterocycles. The van der Waals surface area contributed by atoms with E-state index in [4.69, 9.17) is 11.6 Å². The van der Waals surface area contributed by atoms with Crippen LogP contribution in [0.25, 0.3) is 0 Å². The fourth-order valence-corrected chi connectivity index (χ4v) is 3.48. The van der Waals surface area contributed by atoms with Crippen LogP contribution < -0.4 is 4.90 Å². The second-order valence-corrected chi connectivity index (χ2v) is 6.77. The van der Waals surface area contributed by atoms with Crippen molar-refractivity contribution < 1.29 is 0 Å². The van der Waals surface area contributed by atoms with Gasteiger partial charge in [-0.2, -0.15) is 5.10 Å². The number of hydrogen-bond acceptors (Lipinski definition) is 3. The van der Waals surface area contributed by atoms with E-state index in [9.17, 15) is 0 Å². The molecule has 24 heavy (non-hydrogen) atoms. The number of benzene rings is 1. The monoisotopic (exact) mass is 338 g/mol. The third kappa shape index (κ3) is 3.15.